The van der Waals surface area contributed by atoms with Crippen LogP contribution in [0.3, 0.4) is 0 Å². The van der Waals surface area contributed by atoms with Gasteiger partial charge in [0.05, 0.1) is 11.4 Å². The zero-order valence-corrected chi connectivity index (χ0v) is 13.6. The lowest BCUT2D eigenvalue weighted by Crippen LogP contribution is -2.01. The van der Waals surface area contributed by atoms with Gasteiger partial charge in [0, 0.05) is 6.42 Å². The molecule has 3 rings (SSSR count). The number of rotatable bonds is 5. The predicted octanol–water partition coefficient (Wildman–Crippen LogP) is 3.12. The summed E-state index contributed by atoms with van der Waals surface area (Å²) in [6.07, 6.45) is 0.746. The fourth-order valence-corrected chi connectivity index (χ4v) is 2.98. The van der Waals surface area contributed by atoms with E-state index in [4.69, 9.17) is 4.52 Å². The molecule has 22 heavy (non-hydrogen) atoms. The van der Waals surface area contributed by atoms with Gasteiger partial charge in [0.1, 0.15) is 5.82 Å². The molecule has 0 saturated carbocycles. The molecule has 0 spiro atoms. The second-order valence-electron chi connectivity index (χ2n) is 4.90. The van der Waals surface area contributed by atoms with Gasteiger partial charge in [-0.05, 0) is 25.5 Å². The molecule has 0 bridgehead atoms. The first-order chi connectivity index (χ1) is 10.7. The van der Waals surface area contributed by atoms with Crippen molar-refractivity contribution < 1.29 is 4.52 Å². The van der Waals surface area contributed by atoms with Crippen LogP contribution in [-0.2, 0) is 12.2 Å². The normalized spacial score (nSPS) is 11.0. The molecule has 1 aromatic carbocycles. The molecule has 0 unspecified atom stereocenters. The Labute approximate surface area is 133 Å². The van der Waals surface area contributed by atoms with Crippen LogP contribution in [0, 0.1) is 13.8 Å². The number of aromatic nitrogens is 5. The molecule has 6 nitrogen and oxygen atoms in total. The van der Waals surface area contributed by atoms with Gasteiger partial charge in [-0.2, -0.15) is 4.98 Å². The number of benzene rings is 1. The average Bonchev–Trinajstić information content (AvgIpc) is 3.12. The van der Waals surface area contributed by atoms with Crippen molar-refractivity contribution in [3.8, 4) is 5.69 Å². The third-order valence-electron chi connectivity index (χ3n) is 3.29. The summed E-state index contributed by atoms with van der Waals surface area (Å²) in [4.78, 5) is 4.31. The fraction of sp³-hybridized carbons (Fsp3) is 0.333. The van der Waals surface area contributed by atoms with E-state index in [1.807, 2.05) is 26.0 Å². The first-order valence-corrected chi connectivity index (χ1v) is 8.10. The summed E-state index contributed by atoms with van der Waals surface area (Å²) in [7, 11) is 0. The highest BCUT2D eigenvalue weighted by Gasteiger charge is 2.14. The Bertz CT molecular complexity index is 780. The molecule has 0 N–H and O–H groups in total. The molecule has 7 heteroatoms. The molecule has 2 aromatic heterocycles. The van der Waals surface area contributed by atoms with E-state index >= 15 is 0 Å². The highest BCUT2D eigenvalue weighted by molar-refractivity contribution is 7.98. The van der Waals surface area contributed by atoms with E-state index in [0.717, 1.165) is 23.1 Å². The summed E-state index contributed by atoms with van der Waals surface area (Å²) in [5, 5.41) is 13.3. The minimum atomic E-state index is 0.605. The Morgan fingerprint density at radius 3 is 2.73 bits per heavy atom. The lowest BCUT2D eigenvalue weighted by atomic mass is 10.2. The van der Waals surface area contributed by atoms with Crippen LogP contribution >= 0.6 is 11.8 Å². The van der Waals surface area contributed by atoms with E-state index in [0.29, 0.717) is 17.5 Å². The summed E-state index contributed by atoms with van der Waals surface area (Å²) in [6.45, 7) is 6.02. The standard InChI is InChI=1S/C15H17N5OS/c1-4-14-16-13(19-21-14)9-22-15-18-17-11(3)20(15)12-8-6-5-7-10(12)2/h5-8H,4,9H2,1-3H3. The zero-order chi connectivity index (χ0) is 15.5. The number of hydrogen-bond acceptors (Lipinski definition) is 6. The topological polar surface area (TPSA) is 69.6 Å². The maximum atomic E-state index is 5.12. The van der Waals surface area contributed by atoms with E-state index in [-0.39, 0.29) is 0 Å². The maximum absolute atomic E-state index is 5.12. The average molecular weight is 315 g/mol. The van der Waals surface area contributed by atoms with Gasteiger partial charge in [-0.25, -0.2) is 0 Å². The van der Waals surface area contributed by atoms with E-state index in [9.17, 15) is 0 Å². The smallest absolute Gasteiger partial charge is 0.226 e. The molecule has 0 aliphatic rings. The highest BCUT2D eigenvalue weighted by Crippen LogP contribution is 2.25. The predicted molar refractivity (Wildman–Crippen MR) is 84.1 cm³/mol. The number of aryl methyl sites for hydroxylation is 3. The van der Waals surface area contributed by atoms with Gasteiger partial charge in [-0.1, -0.05) is 42.0 Å². The summed E-state index contributed by atoms with van der Waals surface area (Å²) in [6, 6.07) is 8.19. The first kappa shape index (κ1) is 14.8. The van der Waals surface area contributed by atoms with Crippen LogP contribution in [0.2, 0.25) is 0 Å². The van der Waals surface area contributed by atoms with Crippen molar-refractivity contribution in [2.24, 2.45) is 0 Å². The second kappa shape index (κ2) is 6.31. The summed E-state index contributed by atoms with van der Waals surface area (Å²) in [5.74, 6) is 2.80. The molecule has 0 atom stereocenters. The van der Waals surface area contributed by atoms with Crippen molar-refractivity contribution in [3.63, 3.8) is 0 Å². The van der Waals surface area contributed by atoms with E-state index in [1.165, 1.54) is 5.56 Å². The quantitative estimate of drug-likeness (QED) is 0.674. The Morgan fingerprint density at radius 2 is 2.00 bits per heavy atom. The molecule has 0 aliphatic carbocycles. The number of nitrogens with zero attached hydrogens (tertiary/aromatic N) is 5. The van der Waals surface area contributed by atoms with Gasteiger partial charge < -0.3 is 4.52 Å². The largest absolute Gasteiger partial charge is 0.339 e. The maximum Gasteiger partial charge on any atom is 0.226 e. The van der Waals surface area contributed by atoms with Crippen LogP contribution in [0.1, 0.15) is 30.0 Å². The first-order valence-electron chi connectivity index (χ1n) is 7.11. The van der Waals surface area contributed by atoms with Crippen LogP contribution in [-0.4, -0.2) is 24.9 Å². The highest BCUT2D eigenvalue weighted by atomic mass is 32.2. The molecule has 0 radical (unpaired) electrons. The number of thioether (sulfide) groups is 1. The molecule has 3 aromatic rings. The Kier molecular flexibility index (Phi) is 4.24. The Hall–Kier alpha value is -2.15. The van der Waals surface area contributed by atoms with Gasteiger partial charge in [-0.3, -0.25) is 4.57 Å². The summed E-state index contributed by atoms with van der Waals surface area (Å²) >= 11 is 1.55. The van der Waals surface area contributed by atoms with Gasteiger partial charge >= 0.3 is 0 Å². The Morgan fingerprint density at radius 1 is 1.18 bits per heavy atom. The third kappa shape index (κ3) is 2.89. The van der Waals surface area contributed by atoms with Crippen LogP contribution < -0.4 is 0 Å². The van der Waals surface area contributed by atoms with Gasteiger partial charge in [0.15, 0.2) is 11.0 Å². The van der Waals surface area contributed by atoms with Crippen LogP contribution in [0.25, 0.3) is 5.69 Å². The second-order valence-corrected chi connectivity index (χ2v) is 5.84. The molecule has 114 valence electrons. The van der Waals surface area contributed by atoms with Crippen LogP contribution in [0.4, 0.5) is 0 Å². The number of hydrogen-bond donors (Lipinski definition) is 0. The van der Waals surface area contributed by atoms with E-state index < -0.39 is 0 Å². The summed E-state index contributed by atoms with van der Waals surface area (Å²) < 4.78 is 7.18. The van der Waals surface area contributed by atoms with Crippen molar-refractivity contribution >= 4 is 11.8 Å². The van der Waals surface area contributed by atoms with Crippen molar-refractivity contribution in [2.75, 3.05) is 0 Å². The molecule has 0 fully saturated rings. The van der Waals surface area contributed by atoms with Crippen molar-refractivity contribution in [2.45, 2.75) is 38.1 Å². The van der Waals surface area contributed by atoms with Crippen molar-refractivity contribution in [1.29, 1.82) is 0 Å². The third-order valence-corrected chi connectivity index (χ3v) is 4.22. The van der Waals surface area contributed by atoms with Gasteiger partial charge in [0.2, 0.25) is 5.89 Å². The van der Waals surface area contributed by atoms with Crippen molar-refractivity contribution in [3.05, 3.63) is 47.4 Å². The van der Waals surface area contributed by atoms with Gasteiger partial charge in [-0.15, -0.1) is 10.2 Å². The number of para-hydroxylation sites is 1. The minimum Gasteiger partial charge on any atom is -0.339 e. The summed E-state index contributed by atoms with van der Waals surface area (Å²) in [5.41, 5.74) is 2.27. The zero-order valence-electron chi connectivity index (χ0n) is 12.8. The molecule has 0 aliphatic heterocycles. The molecular formula is C15H17N5OS. The Balaban J connectivity index is 1.85. The molecule has 2 heterocycles. The van der Waals surface area contributed by atoms with Crippen LogP contribution in [0.5, 0.6) is 0 Å². The molecule has 0 amide bonds. The van der Waals surface area contributed by atoms with Gasteiger partial charge in [0.25, 0.3) is 0 Å². The lowest BCUT2D eigenvalue weighted by molar-refractivity contribution is 0.378. The SMILES string of the molecule is CCc1nc(CSc2nnc(C)n2-c2ccccc2C)no1. The monoisotopic (exact) mass is 315 g/mol. The lowest BCUT2D eigenvalue weighted by Gasteiger charge is -2.10. The van der Waals surface area contributed by atoms with E-state index in [2.05, 4.69) is 44.0 Å². The van der Waals surface area contributed by atoms with Crippen molar-refractivity contribution in [1.82, 2.24) is 24.9 Å². The molecule has 0 saturated heterocycles. The van der Waals surface area contributed by atoms with E-state index in [1.54, 1.807) is 11.8 Å². The van der Waals surface area contributed by atoms with Crippen LogP contribution in [0.15, 0.2) is 33.9 Å². The molecular weight excluding hydrogens is 298 g/mol. The minimum absolute atomic E-state index is 0.605. The fourth-order valence-electron chi connectivity index (χ4n) is 2.15.